The number of ketones is 1. The van der Waals surface area contributed by atoms with Crippen LogP contribution in [-0.2, 0) is 28.4 Å². The number of hydrogen-bond acceptors (Lipinski definition) is 6. The smallest absolute Gasteiger partial charge is 0.416 e. The van der Waals surface area contributed by atoms with Gasteiger partial charge in [0.25, 0.3) is 5.91 Å². The molecule has 0 radical (unpaired) electrons. The second kappa shape index (κ2) is 12.6. The van der Waals surface area contributed by atoms with Crippen LogP contribution >= 0.6 is 0 Å². The lowest BCUT2D eigenvalue weighted by Crippen LogP contribution is -2.44. The van der Waals surface area contributed by atoms with Gasteiger partial charge in [0.1, 0.15) is 5.69 Å². The van der Waals surface area contributed by atoms with Gasteiger partial charge in [0.15, 0.2) is 5.78 Å². The lowest BCUT2D eigenvalue weighted by molar-refractivity contribution is -0.143. The number of methoxy groups -OCH3 is 1. The molecule has 0 spiro atoms. The van der Waals surface area contributed by atoms with Crippen molar-refractivity contribution in [1.29, 1.82) is 0 Å². The van der Waals surface area contributed by atoms with Crippen molar-refractivity contribution < 1.29 is 50.2 Å². The molecule has 2 aromatic rings. The molecule has 226 valence electrons. The van der Waals surface area contributed by atoms with E-state index in [0.717, 1.165) is 4.90 Å². The highest BCUT2D eigenvalue weighted by atomic mass is 19.4. The van der Waals surface area contributed by atoms with Crippen LogP contribution in [-0.4, -0.2) is 85.1 Å². The van der Waals surface area contributed by atoms with Gasteiger partial charge in [-0.15, -0.1) is 0 Å². The Morgan fingerprint density at radius 2 is 1.54 bits per heavy atom. The predicted molar refractivity (Wildman–Crippen MR) is 135 cm³/mol. The lowest BCUT2D eigenvalue weighted by Gasteiger charge is -2.30. The molecular formula is C27H31F6N3O5. The van der Waals surface area contributed by atoms with Gasteiger partial charge in [-0.1, -0.05) is 0 Å². The first-order valence-electron chi connectivity index (χ1n) is 12.8. The summed E-state index contributed by atoms with van der Waals surface area (Å²) in [6, 6.07) is 0.640. The maximum atomic E-state index is 13.6. The minimum Gasteiger partial charge on any atom is -0.464 e. The van der Waals surface area contributed by atoms with E-state index in [1.54, 1.807) is 18.4 Å². The highest BCUT2D eigenvalue weighted by molar-refractivity contribution is 6.06. The summed E-state index contributed by atoms with van der Waals surface area (Å²) in [6.45, 7) is 6.41. The molecule has 8 nitrogen and oxygen atoms in total. The van der Waals surface area contributed by atoms with Gasteiger partial charge in [0.05, 0.1) is 38.0 Å². The number of carbonyl (C=O) groups excluding carboxylic acids is 3. The molecule has 0 N–H and O–H groups in total. The normalized spacial score (nSPS) is 14.7. The number of nitrogens with zero attached hydrogens (tertiary/aromatic N) is 3. The lowest BCUT2D eigenvalue weighted by atomic mass is 10.0. The van der Waals surface area contributed by atoms with E-state index in [-0.39, 0.29) is 30.4 Å². The van der Waals surface area contributed by atoms with Crippen molar-refractivity contribution in [3.8, 4) is 0 Å². The van der Waals surface area contributed by atoms with Crippen molar-refractivity contribution in [2.24, 2.45) is 0 Å². The zero-order valence-electron chi connectivity index (χ0n) is 23.0. The number of alkyl halides is 6. The summed E-state index contributed by atoms with van der Waals surface area (Å²) in [5.41, 5.74) is -3.16. The van der Waals surface area contributed by atoms with Crippen molar-refractivity contribution in [3.05, 3.63) is 57.4 Å². The van der Waals surface area contributed by atoms with Gasteiger partial charge >= 0.3 is 18.3 Å². The molecule has 1 aromatic carbocycles. The molecule has 41 heavy (non-hydrogen) atoms. The minimum atomic E-state index is -5.15. The van der Waals surface area contributed by atoms with Gasteiger partial charge in [-0.05, 0) is 44.5 Å². The topological polar surface area (TPSA) is 81.1 Å². The number of ether oxygens (including phenoxy) is 2. The van der Waals surface area contributed by atoms with E-state index in [4.69, 9.17) is 9.47 Å². The van der Waals surface area contributed by atoms with E-state index in [1.807, 2.05) is 4.90 Å². The number of carbonyl (C=O) groups is 3. The standard InChI is InChI=1S/C27H31F6N3O5/c1-5-36-17(3)22(16(2)23(36)25(39)40-4)21(37)15-35(7-6-34-8-10-41-11-9-34)24(38)18-12-19(26(28,29)30)14-20(13-18)27(31,32)33/h12-14H,5-11,15H2,1-4H3. The first kappa shape index (κ1) is 32.1. The van der Waals surface area contributed by atoms with E-state index in [1.165, 1.54) is 14.0 Å². The maximum Gasteiger partial charge on any atom is 0.416 e. The molecule has 3 rings (SSSR count). The fourth-order valence-electron chi connectivity index (χ4n) is 4.91. The number of halogens is 6. The number of Topliss-reactive ketones (excluding diaryl/α,β-unsaturated/α-hetero) is 1. The minimum absolute atomic E-state index is 0.0610. The molecule has 1 amide bonds. The monoisotopic (exact) mass is 591 g/mol. The van der Waals surface area contributed by atoms with Gasteiger partial charge in [-0.3, -0.25) is 14.5 Å². The second-order valence-corrected chi connectivity index (χ2v) is 9.57. The number of aromatic nitrogens is 1. The Hall–Kier alpha value is -3.39. The van der Waals surface area contributed by atoms with E-state index in [0.29, 0.717) is 56.2 Å². The fraction of sp³-hybridized carbons (Fsp3) is 0.519. The quantitative estimate of drug-likeness (QED) is 0.241. The van der Waals surface area contributed by atoms with Crippen LogP contribution in [0.25, 0.3) is 0 Å². The molecule has 1 aromatic heterocycles. The van der Waals surface area contributed by atoms with Crippen LogP contribution in [0.15, 0.2) is 18.2 Å². The van der Waals surface area contributed by atoms with E-state index in [9.17, 15) is 40.7 Å². The molecule has 0 bridgehead atoms. The van der Waals surface area contributed by atoms with E-state index < -0.39 is 53.2 Å². The highest BCUT2D eigenvalue weighted by Crippen LogP contribution is 2.36. The van der Waals surface area contributed by atoms with Crippen LogP contribution in [0.2, 0.25) is 0 Å². The van der Waals surface area contributed by atoms with Crippen LogP contribution in [0, 0.1) is 13.8 Å². The molecule has 0 aliphatic carbocycles. The third-order valence-electron chi connectivity index (χ3n) is 6.99. The molecule has 0 saturated carbocycles. The van der Waals surface area contributed by atoms with Gasteiger partial charge < -0.3 is 18.9 Å². The summed E-state index contributed by atoms with van der Waals surface area (Å²) < 4.78 is 92.5. The molecule has 0 unspecified atom stereocenters. The first-order valence-corrected chi connectivity index (χ1v) is 12.8. The van der Waals surface area contributed by atoms with Crippen LogP contribution in [0.4, 0.5) is 26.3 Å². The summed E-state index contributed by atoms with van der Waals surface area (Å²) in [7, 11) is 1.18. The predicted octanol–water partition coefficient (Wildman–Crippen LogP) is 4.61. The molecular weight excluding hydrogens is 560 g/mol. The Morgan fingerprint density at radius 3 is 2.02 bits per heavy atom. The molecule has 14 heteroatoms. The Bertz CT molecular complexity index is 1260. The van der Waals surface area contributed by atoms with E-state index >= 15 is 0 Å². The van der Waals surface area contributed by atoms with Crippen molar-refractivity contribution in [2.45, 2.75) is 39.7 Å². The largest absolute Gasteiger partial charge is 0.464 e. The van der Waals surface area contributed by atoms with Crippen LogP contribution in [0.3, 0.4) is 0 Å². The van der Waals surface area contributed by atoms with Gasteiger partial charge in [-0.25, -0.2) is 4.79 Å². The molecule has 1 saturated heterocycles. The second-order valence-electron chi connectivity index (χ2n) is 9.57. The van der Waals surface area contributed by atoms with Gasteiger partial charge in [0.2, 0.25) is 0 Å². The van der Waals surface area contributed by atoms with Crippen LogP contribution < -0.4 is 0 Å². The zero-order chi connectivity index (χ0) is 30.7. The number of hydrogen-bond donors (Lipinski definition) is 0. The number of benzene rings is 1. The van der Waals surface area contributed by atoms with Gasteiger partial charge in [-0.2, -0.15) is 26.3 Å². The number of rotatable bonds is 9. The summed E-state index contributed by atoms with van der Waals surface area (Å²) in [5.74, 6) is -2.48. The van der Waals surface area contributed by atoms with Crippen molar-refractivity contribution in [1.82, 2.24) is 14.4 Å². The summed E-state index contributed by atoms with van der Waals surface area (Å²) in [6.07, 6.45) is -10.3. The SMILES string of the molecule is CCn1c(C)c(C(=O)CN(CCN2CCOCC2)C(=O)c2cc(C(F)(F)F)cc(C(F)(F)F)c2)c(C)c1C(=O)OC. The first-order chi connectivity index (χ1) is 19.1. The maximum absolute atomic E-state index is 13.6. The molecule has 1 fully saturated rings. The van der Waals surface area contributed by atoms with Crippen molar-refractivity contribution in [3.63, 3.8) is 0 Å². The van der Waals surface area contributed by atoms with E-state index in [2.05, 4.69) is 0 Å². The third-order valence-corrected chi connectivity index (χ3v) is 6.99. The highest BCUT2D eigenvalue weighted by Gasteiger charge is 2.38. The number of morpholine rings is 1. The third kappa shape index (κ3) is 7.28. The summed E-state index contributed by atoms with van der Waals surface area (Å²) in [5, 5.41) is 0. The van der Waals surface area contributed by atoms with Gasteiger partial charge in [0, 0.05) is 49.5 Å². The molecule has 2 heterocycles. The summed E-state index contributed by atoms with van der Waals surface area (Å²) >= 11 is 0. The number of amides is 1. The summed E-state index contributed by atoms with van der Waals surface area (Å²) in [4.78, 5) is 42.3. The molecule has 1 aliphatic rings. The Labute approximate surface area is 232 Å². The van der Waals surface area contributed by atoms with Crippen molar-refractivity contribution in [2.75, 3.05) is 53.0 Å². The molecule has 0 atom stereocenters. The Balaban J connectivity index is 2.04. The Morgan fingerprint density at radius 1 is 0.976 bits per heavy atom. The number of esters is 1. The van der Waals surface area contributed by atoms with Crippen molar-refractivity contribution >= 4 is 17.7 Å². The average Bonchev–Trinajstić information content (AvgIpc) is 3.18. The van der Waals surface area contributed by atoms with Crippen LogP contribution in [0.5, 0.6) is 0 Å². The van der Waals surface area contributed by atoms with Crippen LogP contribution in [0.1, 0.15) is 60.5 Å². The Kier molecular flexibility index (Phi) is 9.90. The fourth-order valence-corrected chi connectivity index (χ4v) is 4.91. The zero-order valence-corrected chi connectivity index (χ0v) is 23.0. The average molecular weight is 592 g/mol. The molecule has 1 aliphatic heterocycles.